The molecule has 0 aromatic carbocycles. The number of rotatable bonds is 8. The Kier molecular flexibility index (Phi) is 8.20. The van der Waals surface area contributed by atoms with Crippen LogP contribution in [-0.2, 0) is 9.47 Å². The van der Waals surface area contributed by atoms with E-state index in [9.17, 15) is 35.7 Å². The molecule has 1 saturated heterocycles. The number of aliphatic hydroxyl groups excluding tert-OH is 9. The summed E-state index contributed by atoms with van der Waals surface area (Å²) in [7, 11) is 0. The minimum Gasteiger partial charge on any atom is -0.394 e. The van der Waals surface area contributed by atoms with Gasteiger partial charge in [0.25, 0.3) is 0 Å². The molecule has 1 aliphatic rings. The van der Waals surface area contributed by atoms with Crippen molar-refractivity contribution in [3.05, 3.63) is 0 Å². The van der Waals surface area contributed by atoms with E-state index in [1.54, 1.807) is 0 Å². The summed E-state index contributed by atoms with van der Waals surface area (Å²) in [5.41, 5.74) is 0. The average Bonchev–Trinajstić information content (AvgIpc) is 2.56. The fraction of sp³-hybridized carbons (Fsp3) is 1.00. The Labute approximate surface area is 131 Å². The van der Waals surface area contributed by atoms with E-state index in [-0.39, 0.29) is 0 Å². The van der Waals surface area contributed by atoms with Crippen molar-refractivity contribution in [2.24, 2.45) is 0 Å². The fourth-order valence-corrected chi connectivity index (χ4v) is 2.06. The van der Waals surface area contributed by atoms with Crippen molar-refractivity contribution in [1.82, 2.24) is 0 Å². The predicted molar refractivity (Wildman–Crippen MR) is 70.8 cm³/mol. The molecule has 138 valence electrons. The second-order valence-corrected chi connectivity index (χ2v) is 5.33. The zero-order chi connectivity index (χ0) is 17.7. The molecular formula is C12H24O11. The summed E-state index contributed by atoms with van der Waals surface area (Å²) in [6.45, 7) is -2.16. The molecule has 23 heavy (non-hydrogen) atoms. The Morgan fingerprint density at radius 1 is 0.826 bits per heavy atom. The van der Waals surface area contributed by atoms with Gasteiger partial charge in [0, 0.05) is 0 Å². The van der Waals surface area contributed by atoms with Crippen LogP contribution in [-0.4, -0.2) is 121 Å². The van der Waals surface area contributed by atoms with Crippen LogP contribution in [0.25, 0.3) is 0 Å². The van der Waals surface area contributed by atoms with Gasteiger partial charge in [0.1, 0.15) is 48.8 Å². The third-order valence-electron chi connectivity index (χ3n) is 3.61. The summed E-state index contributed by atoms with van der Waals surface area (Å²) < 4.78 is 9.99. The largest absolute Gasteiger partial charge is 0.394 e. The molecule has 1 aliphatic heterocycles. The van der Waals surface area contributed by atoms with E-state index in [0.717, 1.165) is 0 Å². The molecule has 0 radical (unpaired) electrons. The van der Waals surface area contributed by atoms with E-state index in [4.69, 9.17) is 19.7 Å². The first-order valence-electron chi connectivity index (χ1n) is 6.99. The maximum atomic E-state index is 9.70. The number of hydrogen-bond donors (Lipinski definition) is 9. The van der Waals surface area contributed by atoms with Crippen molar-refractivity contribution < 1.29 is 55.4 Å². The predicted octanol–water partition coefficient (Wildman–Crippen LogP) is -5.76. The summed E-state index contributed by atoms with van der Waals surface area (Å²) in [6, 6.07) is 0. The van der Waals surface area contributed by atoms with Crippen molar-refractivity contribution in [3.63, 3.8) is 0 Å². The molecular weight excluding hydrogens is 320 g/mol. The van der Waals surface area contributed by atoms with Gasteiger partial charge in [0.15, 0.2) is 6.29 Å². The van der Waals surface area contributed by atoms with E-state index in [1.165, 1.54) is 0 Å². The fourth-order valence-electron chi connectivity index (χ4n) is 2.06. The Morgan fingerprint density at radius 3 is 1.91 bits per heavy atom. The average molecular weight is 344 g/mol. The van der Waals surface area contributed by atoms with Gasteiger partial charge in [-0.05, 0) is 0 Å². The molecule has 0 aliphatic carbocycles. The smallest absolute Gasteiger partial charge is 0.186 e. The second kappa shape index (κ2) is 9.15. The summed E-state index contributed by atoms with van der Waals surface area (Å²) in [4.78, 5) is 0. The van der Waals surface area contributed by atoms with E-state index in [0.29, 0.717) is 0 Å². The molecule has 0 aromatic heterocycles. The molecule has 0 amide bonds. The monoisotopic (exact) mass is 344 g/mol. The van der Waals surface area contributed by atoms with Gasteiger partial charge < -0.3 is 55.4 Å². The van der Waals surface area contributed by atoms with Gasteiger partial charge in [-0.2, -0.15) is 0 Å². The van der Waals surface area contributed by atoms with Gasteiger partial charge in [-0.3, -0.25) is 0 Å². The SMILES string of the molecule is OCC1O[C@H](OCC(O)[C@@H](O)[C@H](O)[C@H](O)CO)C(O)[C@@H](O)[C@@H]1O. The van der Waals surface area contributed by atoms with Crippen LogP contribution in [0, 0.1) is 0 Å². The third-order valence-corrected chi connectivity index (χ3v) is 3.61. The molecule has 3 unspecified atom stereocenters. The minimum absolute atomic E-state index is 0.655. The molecule has 0 saturated carbocycles. The molecule has 11 nitrogen and oxygen atoms in total. The van der Waals surface area contributed by atoms with Gasteiger partial charge in [0.05, 0.1) is 19.8 Å². The second-order valence-electron chi connectivity index (χ2n) is 5.33. The summed E-state index contributed by atoms with van der Waals surface area (Å²) in [5.74, 6) is 0. The van der Waals surface area contributed by atoms with Gasteiger partial charge >= 0.3 is 0 Å². The van der Waals surface area contributed by atoms with Crippen LogP contribution in [0.15, 0.2) is 0 Å². The highest BCUT2D eigenvalue weighted by molar-refractivity contribution is 4.89. The zero-order valence-electron chi connectivity index (χ0n) is 12.2. The minimum atomic E-state index is -1.86. The zero-order valence-corrected chi connectivity index (χ0v) is 12.2. The Balaban J connectivity index is 2.55. The van der Waals surface area contributed by atoms with Crippen LogP contribution in [0.2, 0.25) is 0 Å². The quantitative estimate of drug-likeness (QED) is 0.203. The molecule has 1 rings (SSSR count). The molecule has 9 N–H and O–H groups in total. The highest BCUT2D eigenvalue weighted by atomic mass is 16.7. The van der Waals surface area contributed by atoms with E-state index in [2.05, 4.69) is 0 Å². The third kappa shape index (κ3) is 5.01. The van der Waals surface area contributed by atoms with Crippen LogP contribution in [0.1, 0.15) is 0 Å². The van der Waals surface area contributed by atoms with Crippen LogP contribution in [0.3, 0.4) is 0 Å². The first kappa shape index (κ1) is 20.6. The van der Waals surface area contributed by atoms with Crippen molar-refractivity contribution in [3.8, 4) is 0 Å². The van der Waals surface area contributed by atoms with E-state index < -0.39 is 74.9 Å². The molecule has 9 atom stereocenters. The molecule has 1 fully saturated rings. The van der Waals surface area contributed by atoms with Gasteiger partial charge in [-0.1, -0.05) is 0 Å². The van der Waals surface area contributed by atoms with Crippen LogP contribution in [0.5, 0.6) is 0 Å². The maximum absolute atomic E-state index is 9.70. The van der Waals surface area contributed by atoms with Crippen molar-refractivity contribution in [2.75, 3.05) is 19.8 Å². The molecule has 11 heteroatoms. The van der Waals surface area contributed by atoms with E-state index in [1.807, 2.05) is 0 Å². The number of aliphatic hydroxyl groups is 9. The Hall–Kier alpha value is -0.440. The van der Waals surface area contributed by atoms with Gasteiger partial charge in [0.2, 0.25) is 0 Å². The van der Waals surface area contributed by atoms with Crippen molar-refractivity contribution in [2.45, 2.75) is 55.1 Å². The van der Waals surface area contributed by atoms with Gasteiger partial charge in [-0.15, -0.1) is 0 Å². The highest BCUT2D eigenvalue weighted by Crippen LogP contribution is 2.22. The van der Waals surface area contributed by atoms with Crippen LogP contribution < -0.4 is 0 Å². The number of hydrogen-bond acceptors (Lipinski definition) is 11. The lowest BCUT2D eigenvalue weighted by Crippen LogP contribution is -2.59. The summed E-state index contributed by atoms with van der Waals surface area (Å²) >= 11 is 0. The number of ether oxygens (including phenoxy) is 2. The van der Waals surface area contributed by atoms with Crippen LogP contribution in [0.4, 0.5) is 0 Å². The normalized spacial score (nSPS) is 37.2. The van der Waals surface area contributed by atoms with E-state index >= 15 is 0 Å². The molecule has 1 heterocycles. The lowest BCUT2D eigenvalue weighted by molar-refractivity contribution is -0.306. The summed E-state index contributed by atoms with van der Waals surface area (Å²) in [6.07, 6.45) is -14.7. The summed E-state index contributed by atoms with van der Waals surface area (Å²) in [5, 5.41) is 84.4. The van der Waals surface area contributed by atoms with Crippen molar-refractivity contribution in [1.29, 1.82) is 0 Å². The first-order chi connectivity index (χ1) is 10.7. The molecule has 0 aromatic rings. The first-order valence-corrected chi connectivity index (χ1v) is 6.99. The highest BCUT2D eigenvalue weighted by Gasteiger charge is 2.44. The molecule has 0 spiro atoms. The lowest BCUT2D eigenvalue weighted by Gasteiger charge is -2.40. The lowest BCUT2D eigenvalue weighted by atomic mass is 9.99. The standard InChI is InChI=1S/C12H24O11/c13-1-4(15)7(17)8(18)5(16)3-22-12-11(21)10(20)9(19)6(2-14)23-12/h4-21H,1-3H2/t4-,5?,6?,7-,8-,9-,10+,11?,12+/m1/s1. The Morgan fingerprint density at radius 2 is 1.39 bits per heavy atom. The van der Waals surface area contributed by atoms with Crippen molar-refractivity contribution >= 4 is 0 Å². The maximum Gasteiger partial charge on any atom is 0.186 e. The van der Waals surface area contributed by atoms with Gasteiger partial charge in [-0.25, -0.2) is 0 Å². The van der Waals surface area contributed by atoms with Crippen LogP contribution >= 0.6 is 0 Å². The molecule has 0 bridgehead atoms. The topological polar surface area (TPSA) is 201 Å². The Bertz CT molecular complexity index is 341.